The first-order chi connectivity index (χ1) is 12.9. The number of benzene rings is 2. The second kappa shape index (κ2) is 6.71. The van der Waals surface area contributed by atoms with Crippen molar-refractivity contribution in [2.45, 2.75) is 31.0 Å². The standard InChI is InChI=1S/C20H19F4NO2/c21-17-3-1-2-15(20(22,23)24)14(17)11-26-13-4-5-16-18(10-13)27-12-19(16)6-8-25-9-7-19/h1-5,10,25H,6-9,11-12H2. The Hall–Kier alpha value is -2.28. The Morgan fingerprint density at radius 3 is 2.63 bits per heavy atom. The van der Waals surface area contributed by atoms with E-state index in [0.29, 0.717) is 18.1 Å². The first-order valence-corrected chi connectivity index (χ1v) is 8.84. The van der Waals surface area contributed by atoms with Crippen LogP contribution in [0.4, 0.5) is 17.6 Å². The van der Waals surface area contributed by atoms with E-state index < -0.39 is 29.7 Å². The third kappa shape index (κ3) is 3.36. The number of hydrogen-bond donors (Lipinski definition) is 1. The number of nitrogens with one attached hydrogen (secondary N) is 1. The lowest BCUT2D eigenvalue weighted by molar-refractivity contribution is -0.138. The van der Waals surface area contributed by atoms with Crippen LogP contribution in [-0.2, 0) is 18.2 Å². The number of alkyl halides is 3. The molecule has 2 aromatic rings. The van der Waals surface area contributed by atoms with Crippen LogP contribution in [0.15, 0.2) is 36.4 Å². The van der Waals surface area contributed by atoms with Gasteiger partial charge in [-0.3, -0.25) is 0 Å². The number of rotatable bonds is 3. The van der Waals surface area contributed by atoms with Gasteiger partial charge in [-0.15, -0.1) is 0 Å². The van der Waals surface area contributed by atoms with Gasteiger partial charge in [0.05, 0.1) is 12.2 Å². The second-order valence-corrected chi connectivity index (χ2v) is 7.03. The van der Waals surface area contributed by atoms with E-state index in [0.717, 1.165) is 49.7 Å². The van der Waals surface area contributed by atoms with E-state index in [1.165, 1.54) is 0 Å². The molecule has 2 aromatic carbocycles. The monoisotopic (exact) mass is 381 g/mol. The third-order valence-electron chi connectivity index (χ3n) is 5.40. The summed E-state index contributed by atoms with van der Waals surface area (Å²) in [6, 6.07) is 8.21. The molecule has 1 saturated heterocycles. The summed E-state index contributed by atoms with van der Waals surface area (Å²) >= 11 is 0. The highest BCUT2D eigenvalue weighted by atomic mass is 19.4. The molecule has 2 aliphatic heterocycles. The first kappa shape index (κ1) is 18.1. The van der Waals surface area contributed by atoms with Gasteiger partial charge in [0.25, 0.3) is 0 Å². The van der Waals surface area contributed by atoms with Gasteiger partial charge in [0.15, 0.2) is 0 Å². The molecule has 0 aromatic heterocycles. The Morgan fingerprint density at radius 1 is 1.11 bits per heavy atom. The maximum atomic E-state index is 13.9. The average molecular weight is 381 g/mol. The highest BCUT2D eigenvalue weighted by Gasteiger charge is 2.41. The topological polar surface area (TPSA) is 30.5 Å². The smallest absolute Gasteiger partial charge is 0.416 e. The van der Waals surface area contributed by atoms with Gasteiger partial charge in [0.1, 0.15) is 23.9 Å². The molecule has 0 unspecified atom stereocenters. The van der Waals surface area contributed by atoms with E-state index in [4.69, 9.17) is 9.47 Å². The van der Waals surface area contributed by atoms with Crippen molar-refractivity contribution in [2.24, 2.45) is 0 Å². The number of hydrogen-bond acceptors (Lipinski definition) is 3. The van der Waals surface area contributed by atoms with Crippen LogP contribution in [0.5, 0.6) is 11.5 Å². The molecule has 144 valence electrons. The summed E-state index contributed by atoms with van der Waals surface area (Å²) in [5, 5.41) is 3.33. The minimum absolute atomic E-state index is 0.00585. The van der Waals surface area contributed by atoms with Gasteiger partial charge >= 0.3 is 6.18 Å². The van der Waals surface area contributed by atoms with Crippen LogP contribution >= 0.6 is 0 Å². The van der Waals surface area contributed by atoms with Gasteiger partial charge < -0.3 is 14.8 Å². The maximum Gasteiger partial charge on any atom is 0.416 e. The lowest BCUT2D eigenvalue weighted by Gasteiger charge is -2.32. The molecule has 2 heterocycles. The van der Waals surface area contributed by atoms with Crippen molar-refractivity contribution in [3.05, 3.63) is 58.9 Å². The second-order valence-electron chi connectivity index (χ2n) is 7.03. The molecular weight excluding hydrogens is 362 g/mol. The Bertz CT molecular complexity index is 844. The van der Waals surface area contributed by atoms with Crippen molar-refractivity contribution >= 4 is 0 Å². The van der Waals surface area contributed by atoms with E-state index >= 15 is 0 Å². The quantitative estimate of drug-likeness (QED) is 0.798. The summed E-state index contributed by atoms with van der Waals surface area (Å²) in [4.78, 5) is 0. The lowest BCUT2D eigenvalue weighted by Crippen LogP contribution is -2.40. The first-order valence-electron chi connectivity index (χ1n) is 8.84. The summed E-state index contributed by atoms with van der Waals surface area (Å²) in [6.07, 6.45) is -2.68. The number of fused-ring (bicyclic) bond motifs is 2. The van der Waals surface area contributed by atoms with Gasteiger partial charge in [-0.1, -0.05) is 12.1 Å². The van der Waals surface area contributed by atoms with Gasteiger partial charge in [0.2, 0.25) is 0 Å². The molecule has 1 N–H and O–H groups in total. The van der Waals surface area contributed by atoms with Gasteiger partial charge in [0, 0.05) is 22.6 Å². The molecule has 0 radical (unpaired) electrons. The molecule has 1 spiro atoms. The van der Waals surface area contributed by atoms with Crippen LogP contribution < -0.4 is 14.8 Å². The molecule has 27 heavy (non-hydrogen) atoms. The molecule has 0 saturated carbocycles. The van der Waals surface area contributed by atoms with Crippen molar-refractivity contribution in [1.82, 2.24) is 5.32 Å². The zero-order chi connectivity index (χ0) is 19.1. The number of halogens is 4. The fraction of sp³-hybridized carbons (Fsp3) is 0.400. The fourth-order valence-corrected chi connectivity index (χ4v) is 3.89. The predicted octanol–water partition coefficient (Wildman–Crippen LogP) is 4.44. The van der Waals surface area contributed by atoms with E-state index in [9.17, 15) is 17.6 Å². The molecule has 0 aliphatic carbocycles. The van der Waals surface area contributed by atoms with E-state index in [-0.39, 0.29) is 5.41 Å². The lowest BCUT2D eigenvalue weighted by atomic mass is 9.75. The maximum absolute atomic E-state index is 13.9. The van der Waals surface area contributed by atoms with Crippen molar-refractivity contribution in [2.75, 3.05) is 19.7 Å². The SMILES string of the molecule is Fc1cccc(C(F)(F)F)c1COc1ccc2c(c1)OCC21CCNCC1. The molecule has 3 nitrogen and oxygen atoms in total. The zero-order valence-corrected chi connectivity index (χ0v) is 14.5. The molecule has 7 heteroatoms. The predicted molar refractivity (Wildman–Crippen MR) is 91.5 cm³/mol. The van der Waals surface area contributed by atoms with Gasteiger partial charge in [-0.2, -0.15) is 13.2 Å². The number of ether oxygens (including phenoxy) is 2. The zero-order valence-electron chi connectivity index (χ0n) is 14.5. The van der Waals surface area contributed by atoms with Crippen LogP contribution in [0, 0.1) is 5.82 Å². The summed E-state index contributed by atoms with van der Waals surface area (Å²) in [5.41, 5.74) is -0.415. The van der Waals surface area contributed by atoms with Crippen LogP contribution in [0.2, 0.25) is 0 Å². The van der Waals surface area contributed by atoms with Gasteiger partial charge in [-0.25, -0.2) is 4.39 Å². The molecule has 1 fully saturated rings. The molecule has 0 bridgehead atoms. The molecule has 4 rings (SSSR count). The molecule has 0 amide bonds. The summed E-state index contributed by atoms with van der Waals surface area (Å²) in [6.45, 7) is 1.94. The Labute approximate surface area is 154 Å². The summed E-state index contributed by atoms with van der Waals surface area (Å²) < 4.78 is 64.5. The van der Waals surface area contributed by atoms with Crippen molar-refractivity contribution < 1.29 is 27.0 Å². The van der Waals surface area contributed by atoms with Crippen LogP contribution in [0.25, 0.3) is 0 Å². The minimum Gasteiger partial charge on any atom is -0.492 e. The van der Waals surface area contributed by atoms with Crippen molar-refractivity contribution in [1.29, 1.82) is 0 Å². The van der Waals surface area contributed by atoms with Crippen molar-refractivity contribution in [3.63, 3.8) is 0 Å². The Kier molecular flexibility index (Phi) is 4.50. The summed E-state index contributed by atoms with van der Waals surface area (Å²) in [5.74, 6) is 0.117. The van der Waals surface area contributed by atoms with E-state index in [2.05, 4.69) is 5.32 Å². The highest BCUT2D eigenvalue weighted by molar-refractivity contribution is 5.48. The normalized spacial score (nSPS) is 18.2. The average Bonchev–Trinajstić information content (AvgIpc) is 2.98. The molecular formula is C20H19F4NO2. The van der Waals surface area contributed by atoms with Crippen LogP contribution in [0.3, 0.4) is 0 Å². The third-order valence-corrected chi connectivity index (χ3v) is 5.40. The Morgan fingerprint density at radius 2 is 1.89 bits per heavy atom. The summed E-state index contributed by atoms with van der Waals surface area (Å²) in [7, 11) is 0. The fourth-order valence-electron chi connectivity index (χ4n) is 3.89. The van der Waals surface area contributed by atoms with Crippen LogP contribution in [0.1, 0.15) is 29.5 Å². The highest BCUT2D eigenvalue weighted by Crippen LogP contribution is 2.45. The number of piperidine rings is 1. The van der Waals surface area contributed by atoms with E-state index in [1.54, 1.807) is 12.1 Å². The van der Waals surface area contributed by atoms with Crippen LogP contribution in [-0.4, -0.2) is 19.7 Å². The largest absolute Gasteiger partial charge is 0.492 e. The molecule has 0 atom stereocenters. The van der Waals surface area contributed by atoms with E-state index in [1.807, 2.05) is 6.07 Å². The Balaban J connectivity index is 1.55. The van der Waals surface area contributed by atoms with Gasteiger partial charge in [-0.05, 0) is 44.1 Å². The van der Waals surface area contributed by atoms with Crippen molar-refractivity contribution in [3.8, 4) is 11.5 Å². The minimum atomic E-state index is -4.64. The molecule has 2 aliphatic rings.